The van der Waals surface area contributed by atoms with E-state index in [4.69, 9.17) is 23.2 Å². The third-order valence-corrected chi connectivity index (χ3v) is 3.63. The molecule has 0 aliphatic heterocycles. The smallest absolute Gasteiger partial charge is 0.0670 e. The Kier molecular flexibility index (Phi) is 2.27. The Balaban J connectivity index is 2.58. The summed E-state index contributed by atoms with van der Waals surface area (Å²) in [6.45, 7) is 0. The van der Waals surface area contributed by atoms with Crippen molar-refractivity contribution in [3.63, 3.8) is 0 Å². The van der Waals surface area contributed by atoms with Crippen LogP contribution in [0, 0.1) is 0 Å². The molecule has 0 saturated carbocycles. The molecule has 0 saturated heterocycles. The standard InChI is InChI=1S/C14H8Cl2/c15-13-8-7-11-10-4-2-1-3-9(10)5-6-12(11)14(13)16/h1-8H. The van der Waals surface area contributed by atoms with Crippen molar-refractivity contribution in [1.82, 2.24) is 0 Å². The lowest BCUT2D eigenvalue weighted by atomic mass is 10.0. The van der Waals surface area contributed by atoms with Gasteiger partial charge in [0.05, 0.1) is 10.0 Å². The average Bonchev–Trinajstić information content (AvgIpc) is 2.33. The second-order valence-electron chi connectivity index (χ2n) is 3.74. The van der Waals surface area contributed by atoms with E-state index in [2.05, 4.69) is 18.2 Å². The van der Waals surface area contributed by atoms with Crippen molar-refractivity contribution in [3.05, 3.63) is 58.6 Å². The van der Waals surface area contributed by atoms with E-state index in [0.717, 1.165) is 10.8 Å². The molecule has 78 valence electrons. The number of rotatable bonds is 0. The maximum atomic E-state index is 6.19. The van der Waals surface area contributed by atoms with Gasteiger partial charge in [-0.15, -0.1) is 0 Å². The van der Waals surface area contributed by atoms with Crippen LogP contribution >= 0.6 is 23.2 Å². The molecule has 0 bridgehead atoms. The van der Waals surface area contributed by atoms with E-state index in [1.807, 2.05) is 30.3 Å². The highest BCUT2D eigenvalue weighted by Gasteiger charge is 2.05. The van der Waals surface area contributed by atoms with Gasteiger partial charge in [-0.05, 0) is 22.2 Å². The van der Waals surface area contributed by atoms with Gasteiger partial charge >= 0.3 is 0 Å². The molecule has 0 nitrogen and oxygen atoms in total. The van der Waals surface area contributed by atoms with E-state index in [1.54, 1.807) is 0 Å². The van der Waals surface area contributed by atoms with Crippen LogP contribution in [0.2, 0.25) is 10.0 Å². The van der Waals surface area contributed by atoms with Crippen molar-refractivity contribution < 1.29 is 0 Å². The van der Waals surface area contributed by atoms with Gasteiger partial charge in [0.25, 0.3) is 0 Å². The first kappa shape index (κ1) is 9.95. The van der Waals surface area contributed by atoms with Gasteiger partial charge in [0.15, 0.2) is 0 Å². The van der Waals surface area contributed by atoms with E-state index < -0.39 is 0 Å². The van der Waals surface area contributed by atoms with Crippen LogP contribution in [0.5, 0.6) is 0 Å². The Morgan fingerprint density at radius 1 is 0.625 bits per heavy atom. The zero-order valence-electron chi connectivity index (χ0n) is 8.37. The molecule has 16 heavy (non-hydrogen) atoms. The highest BCUT2D eigenvalue weighted by atomic mass is 35.5. The SMILES string of the molecule is Clc1ccc2c(ccc3ccccc32)c1Cl. The quantitative estimate of drug-likeness (QED) is 0.473. The van der Waals surface area contributed by atoms with Gasteiger partial charge < -0.3 is 0 Å². The maximum Gasteiger partial charge on any atom is 0.0670 e. The summed E-state index contributed by atoms with van der Waals surface area (Å²) in [6.07, 6.45) is 0. The van der Waals surface area contributed by atoms with Crippen molar-refractivity contribution in [2.45, 2.75) is 0 Å². The lowest BCUT2D eigenvalue weighted by molar-refractivity contribution is 1.76. The lowest BCUT2D eigenvalue weighted by Gasteiger charge is -2.06. The summed E-state index contributed by atoms with van der Waals surface area (Å²) in [5, 5.41) is 5.81. The van der Waals surface area contributed by atoms with Crippen LogP contribution in [0.1, 0.15) is 0 Å². The number of fused-ring (bicyclic) bond motifs is 3. The normalized spacial score (nSPS) is 11.1. The molecule has 0 aliphatic carbocycles. The minimum atomic E-state index is 0.601. The molecular weight excluding hydrogens is 239 g/mol. The van der Waals surface area contributed by atoms with Gasteiger partial charge in [-0.25, -0.2) is 0 Å². The molecular formula is C14H8Cl2. The van der Waals surface area contributed by atoms with Crippen LogP contribution in [0.25, 0.3) is 21.5 Å². The highest BCUT2D eigenvalue weighted by Crippen LogP contribution is 2.34. The predicted molar refractivity (Wildman–Crippen MR) is 71.5 cm³/mol. The van der Waals surface area contributed by atoms with Gasteiger partial charge in [0.2, 0.25) is 0 Å². The Hall–Kier alpha value is -1.24. The predicted octanol–water partition coefficient (Wildman–Crippen LogP) is 5.30. The second-order valence-corrected chi connectivity index (χ2v) is 4.53. The molecule has 0 unspecified atom stereocenters. The van der Waals surface area contributed by atoms with Crippen molar-refractivity contribution in [1.29, 1.82) is 0 Å². The number of halogens is 2. The summed E-state index contributed by atoms with van der Waals surface area (Å²) < 4.78 is 0. The number of hydrogen-bond acceptors (Lipinski definition) is 0. The average molecular weight is 247 g/mol. The summed E-state index contributed by atoms with van der Waals surface area (Å²) in [4.78, 5) is 0. The third-order valence-electron chi connectivity index (χ3n) is 2.81. The fraction of sp³-hybridized carbons (Fsp3) is 0. The molecule has 0 radical (unpaired) electrons. The van der Waals surface area contributed by atoms with E-state index in [1.165, 1.54) is 10.8 Å². The molecule has 0 spiro atoms. The van der Waals surface area contributed by atoms with Crippen molar-refractivity contribution in [3.8, 4) is 0 Å². The second kappa shape index (κ2) is 3.65. The highest BCUT2D eigenvalue weighted by molar-refractivity contribution is 6.45. The minimum Gasteiger partial charge on any atom is -0.0827 e. The van der Waals surface area contributed by atoms with Crippen LogP contribution in [0.4, 0.5) is 0 Å². The maximum absolute atomic E-state index is 6.19. The first-order valence-corrected chi connectivity index (χ1v) is 5.78. The van der Waals surface area contributed by atoms with E-state index in [9.17, 15) is 0 Å². The monoisotopic (exact) mass is 246 g/mol. The van der Waals surface area contributed by atoms with Crippen molar-refractivity contribution in [2.24, 2.45) is 0 Å². The van der Waals surface area contributed by atoms with Gasteiger partial charge in [-0.2, -0.15) is 0 Å². The third kappa shape index (κ3) is 1.38. The number of hydrogen-bond donors (Lipinski definition) is 0. The summed E-state index contributed by atoms with van der Waals surface area (Å²) >= 11 is 12.2. The van der Waals surface area contributed by atoms with Crippen LogP contribution < -0.4 is 0 Å². The molecule has 3 rings (SSSR count). The Morgan fingerprint density at radius 2 is 1.38 bits per heavy atom. The van der Waals surface area contributed by atoms with Crippen LogP contribution in [0.3, 0.4) is 0 Å². The Labute approximate surface area is 103 Å². The topological polar surface area (TPSA) is 0 Å². The lowest BCUT2D eigenvalue weighted by Crippen LogP contribution is -1.79. The van der Waals surface area contributed by atoms with Crippen molar-refractivity contribution >= 4 is 44.7 Å². The zero-order valence-corrected chi connectivity index (χ0v) is 9.89. The summed E-state index contributed by atoms with van der Waals surface area (Å²) in [7, 11) is 0. The minimum absolute atomic E-state index is 0.601. The van der Waals surface area contributed by atoms with E-state index in [-0.39, 0.29) is 0 Å². The molecule has 3 aromatic rings. The first-order chi connectivity index (χ1) is 7.77. The molecule has 0 atom stereocenters. The molecule has 0 aromatic heterocycles. The Morgan fingerprint density at radius 3 is 2.25 bits per heavy atom. The summed E-state index contributed by atoms with van der Waals surface area (Å²) in [6, 6.07) is 16.2. The molecule has 0 heterocycles. The molecule has 0 N–H and O–H groups in total. The zero-order chi connectivity index (χ0) is 11.1. The fourth-order valence-corrected chi connectivity index (χ4v) is 2.42. The molecule has 0 fully saturated rings. The van der Waals surface area contributed by atoms with Gasteiger partial charge in [-0.3, -0.25) is 0 Å². The van der Waals surface area contributed by atoms with E-state index >= 15 is 0 Å². The van der Waals surface area contributed by atoms with Gasteiger partial charge in [0.1, 0.15) is 0 Å². The number of benzene rings is 3. The van der Waals surface area contributed by atoms with Crippen molar-refractivity contribution in [2.75, 3.05) is 0 Å². The largest absolute Gasteiger partial charge is 0.0827 e. The molecule has 3 aromatic carbocycles. The molecule has 0 aliphatic rings. The summed E-state index contributed by atoms with van der Waals surface area (Å²) in [5.41, 5.74) is 0. The summed E-state index contributed by atoms with van der Waals surface area (Å²) in [5.74, 6) is 0. The fourth-order valence-electron chi connectivity index (χ4n) is 2.02. The molecule has 0 amide bonds. The van der Waals surface area contributed by atoms with Crippen LogP contribution in [-0.4, -0.2) is 0 Å². The van der Waals surface area contributed by atoms with Gasteiger partial charge in [0, 0.05) is 5.39 Å². The van der Waals surface area contributed by atoms with Gasteiger partial charge in [-0.1, -0.05) is 65.7 Å². The van der Waals surface area contributed by atoms with E-state index in [0.29, 0.717) is 10.0 Å². The Bertz CT molecular complexity index is 687. The molecule has 2 heteroatoms. The first-order valence-electron chi connectivity index (χ1n) is 5.03. The van der Waals surface area contributed by atoms with Crippen LogP contribution in [-0.2, 0) is 0 Å². The van der Waals surface area contributed by atoms with Crippen LogP contribution in [0.15, 0.2) is 48.5 Å².